The normalized spacial score (nSPS) is 18.4. The van der Waals surface area contributed by atoms with Crippen molar-refractivity contribution in [3.8, 4) is 24.0 Å². The number of hydrogen-bond acceptors (Lipinski definition) is 8. The Kier molecular flexibility index (Phi) is 7.55. The molecule has 8 heteroatoms. The van der Waals surface area contributed by atoms with Crippen LogP contribution < -0.4 is 5.43 Å². The second-order valence-corrected chi connectivity index (χ2v) is 9.45. The van der Waals surface area contributed by atoms with Crippen molar-refractivity contribution in [1.82, 2.24) is 9.80 Å². The fourth-order valence-corrected chi connectivity index (χ4v) is 4.97. The second kappa shape index (κ2) is 10.8. The van der Waals surface area contributed by atoms with Gasteiger partial charge in [-0.15, -0.1) is 0 Å². The van der Waals surface area contributed by atoms with Crippen molar-refractivity contribution in [2.45, 2.75) is 43.6 Å². The first kappa shape index (κ1) is 25.2. The van der Waals surface area contributed by atoms with Gasteiger partial charge in [-0.1, -0.05) is 24.6 Å². The molecular weight excluding hydrogens is 454 g/mol. The van der Waals surface area contributed by atoms with Gasteiger partial charge in [0.2, 0.25) is 0 Å². The quantitative estimate of drug-likeness (QED) is 0.629. The summed E-state index contributed by atoms with van der Waals surface area (Å²) >= 11 is 0. The zero-order valence-corrected chi connectivity index (χ0v) is 20.4. The molecule has 0 amide bonds. The number of likely N-dealkylation sites (tertiary alicyclic amines) is 1. The minimum atomic E-state index is -2.31. The molecular formula is C28H29N5O3. The van der Waals surface area contributed by atoms with Gasteiger partial charge in [0, 0.05) is 17.7 Å². The molecule has 2 aliphatic rings. The molecule has 1 fully saturated rings. The van der Waals surface area contributed by atoms with Gasteiger partial charge < -0.3 is 14.4 Å². The average molecular weight is 484 g/mol. The predicted molar refractivity (Wildman–Crippen MR) is 136 cm³/mol. The van der Waals surface area contributed by atoms with Gasteiger partial charge in [-0.25, -0.2) is 0 Å². The molecule has 1 aliphatic heterocycles. The lowest BCUT2D eigenvalue weighted by molar-refractivity contribution is 0.204. The Labute approximate surface area is 210 Å². The van der Waals surface area contributed by atoms with Gasteiger partial charge in [0.25, 0.3) is 5.41 Å². The lowest BCUT2D eigenvalue weighted by Crippen LogP contribution is -2.35. The first-order chi connectivity index (χ1) is 17.4. The molecule has 0 spiro atoms. The summed E-state index contributed by atoms with van der Waals surface area (Å²) in [5.41, 5.74) is -2.44. The Morgan fingerprint density at radius 3 is 2.53 bits per heavy atom. The number of rotatable bonds is 7. The third kappa shape index (κ3) is 4.90. The number of phenols is 1. The number of phenolic OH excluding ortho intramolecular Hbond substituents is 1. The van der Waals surface area contributed by atoms with E-state index in [0.717, 1.165) is 25.9 Å². The molecule has 184 valence electrons. The third-order valence-corrected chi connectivity index (χ3v) is 7.12. The number of nitrogens with zero attached hydrogens (tertiary/aromatic N) is 5. The molecule has 36 heavy (non-hydrogen) atoms. The molecule has 0 bridgehead atoms. The van der Waals surface area contributed by atoms with Crippen molar-refractivity contribution < 1.29 is 9.52 Å². The number of aromatic hydroxyl groups is 1. The molecule has 1 saturated heterocycles. The van der Waals surface area contributed by atoms with E-state index in [9.17, 15) is 25.7 Å². The molecule has 1 aliphatic carbocycles. The van der Waals surface area contributed by atoms with Crippen LogP contribution in [0.4, 0.5) is 0 Å². The largest absolute Gasteiger partial charge is 0.507 e. The minimum Gasteiger partial charge on any atom is -0.507 e. The van der Waals surface area contributed by atoms with Crippen molar-refractivity contribution in [3.05, 3.63) is 58.0 Å². The molecule has 1 atom stereocenters. The van der Waals surface area contributed by atoms with E-state index < -0.39 is 11.2 Å². The van der Waals surface area contributed by atoms with Crippen LogP contribution in [0.3, 0.4) is 0 Å². The number of fused-ring (bicyclic) bond motifs is 1. The van der Waals surface area contributed by atoms with Crippen LogP contribution in [0.2, 0.25) is 0 Å². The highest BCUT2D eigenvalue weighted by Crippen LogP contribution is 2.37. The number of benzene rings is 1. The zero-order valence-electron chi connectivity index (χ0n) is 20.4. The SMILES string of the molecule is CN(CCCN1CCCCC1)C1C=CC(c2cc(=O)c3ccc(O)c(C(C#N)(C#N)C#N)c3o2)=CC1. The maximum Gasteiger partial charge on any atom is 0.260 e. The van der Waals surface area contributed by atoms with Gasteiger partial charge in [0.05, 0.1) is 10.9 Å². The Morgan fingerprint density at radius 2 is 1.89 bits per heavy atom. The van der Waals surface area contributed by atoms with Crippen LogP contribution >= 0.6 is 0 Å². The smallest absolute Gasteiger partial charge is 0.260 e. The summed E-state index contributed by atoms with van der Waals surface area (Å²) in [6.07, 6.45) is 11.7. The van der Waals surface area contributed by atoms with Crippen LogP contribution in [0.15, 0.2) is 45.6 Å². The Bertz CT molecular complexity index is 1340. The van der Waals surface area contributed by atoms with Crippen molar-refractivity contribution >= 4 is 16.5 Å². The third-order valence-electron chi connectivity index (χ3n) is 7.12. The van der Waals surface area contributed by atoms with Crippen LogP contribution in [0, 0.1) is 34.0 Å². The van der Waals surface area contributed by atoms with E-state index in [4.69, 9.17) is 4.42 Å². The van der Waals surface area contributed by atoms with E-state index in [1.165, 1.54) is 50.6 Å². The highest BCUT2D eigenvalue weighted by Gasteiger charge is 2.39. The lowest BCUT2D eigenvalue weighted by Gasteiger charge is -2.30. The standard InChI is InChI=1S/C28H29N5O3/c1-32(12-5-15-33-13-3-2-4-14-33)21-8-6-20(7-9-21)25-16-24(35)22-10-11-23(34)26(27(22)36-25)28(17-29,18-30)19-31/h6-8,10-11,16,21,34H,2-5,9,12-15H2,1H3. The summed E-state index contributed by atoms with van der Waals surface area (Å²) < 4.78 is 5.98. The summed E-state index contributed by atoms with van der Waals surface area (Å²) in [5, 5.41) is 39.2. The summed E-state index contributed by atoms with van der Waals surface area (Å²) in [7, 11) is 2.11. The number of allylic oxidation sites excluding steroid dienone is 2. The predicted octanol–water partition coefficient (Wildman–Crippen LogP) is 3.83. The molecule has 0 saturated carbocycles. The van der Waals surface area contributed by atoms with Crippen molar-refractivity contribution in [2.75, 3.05) is 33.2 Å². The van der Waals surface area contributed by atoms with E-state index in [-0.39, 0.29) is 33.8 Å². The Hall–Kier alpha value is -3.90. The second-order valence-electron chi connectivity index (χ2n) is 9.45. The molecule has 2 heterocycles. The highest BCUT2D eigenvalue weighted by atomic mass is 16.3. The van der Waals surface area contributed by atoms with Crippen LogP contribution in [-0.4, -0.2) is 54.2 Å². The molecule has 2 aromatic rings. The number of likely N-dealkylation sites (N-methyl/N-ethyl adjacent to an activating group) is 1. The maximum absolute atomic E-state index is 12.9. The molecule has 1 unspecified atom stereocenters. The van der Waals surface area contributed by atoms with Crippen molar-refractivity contribution in [2.24, 2.45) is 0 Å². The van der Waals surface area contributed by atoms with E-state index in [1.54, 1.807) is 18.2 Å². The Morgan fingerprint density at radius 1 is 1.17 bits per heavy atom. The van der Waals surface area contributed by atoms with Gasteiger partial charge >= 0.3 is 0 Å². The lowest BCUT2D eigenvalue weighted by atomic mass is 9.83. The van der Waals surface area contributed by atoms with Crippen molar-refractivity contribution in [1.29, 1.82) is 15.8 Å². The first-order valence-electron chi connectivity index (χ1n) is 12.3. The maximum atomic E-state index is 12.9. The van der Waals surface area contributed by atoms with E-state index >= 15 is 0 Å². The number of piperidine rings is 1. The molecule has 1 N–H and O–H groups in total. The van der Waals surface area contributed by atoms with Gasteiger partial charge in [-0.05, 0) is 71.0 Å². The van der Waals surface area contributed by atoms with Crippen LogP contribution in [-0.2, 0) is 5.41 Å². The van der Waals surface area contributed by atoms with Gasteiger partial charge in [-0.2, -0.15) is 15.8 Å². The summed E-state index contributed by atoms with van der Waals surface area (Å²) in [6, 6.07) is 9.11. The summed E-state index contributed by atoms with van der Waals surface area (Å²) in [5.74, 6) is -0.198. The monoisotopic (exact) mass is 483 g/mol. The molecule has 8 nitrogen and oxygen atoms in total. The van der Waals surface area contributed by atoms with Crippen LogP contribution in [0.25, 0.3) is 16.5 Å². The number of hydrogen-bond donors (Lipinski definition) is 1. The minimum absolute atomic E-state index is 0.0865. The van der Waals surface area contributed by atoms with Gasteiger partial charge in [0.1, 0.15) is 35.3 Å². The molecule has 0 radical (unpaired) electrons. The van der Waals surface area contributed by atoms with Crippen LogP contribution in [0.5, 0.6) is 5.75 Å². The van der Waals surface area contributed by atoms with Crippen LogP contribution in [0.1, 0.15) is 43.4 Å². The topological polar surface area (TPSA) is 128 Å². The highest BCUT2D eigenvalue weighted by molar-refractivity contribution is 5.87. The fourth-order valence-electron chi connectivity index (χ4n) is 4.97. The van der Waals surface area contributed by atoms with Crippen molar-refractivity contribution in [3.63, 3.8) is 0 Å². The summed E-state index contributed by atoms with van der Waals surface area (Å²) in [6.45, 7) is 4.51. The molecule has 1 aromatic heterocycles. The van der Waals surface area contributed by atoms with E-state index in [0.29, 0.717) is 5.57 Å². The van der Waals surface area contributed by atoms with E-state index in [2.05, 4.69) is 22.9 Å². The zero-order chi connectivity index (χ0) is 25.7. The van der Waals surface area contributed by atoms with Gasteiger partial charge in [0.15, 0.2) is 5.43 Å². The molecule has 4 rings (SSSR count). The van der Waals surface area contributed by atoms with Gasteiger partial charge in [-0.3, -0.25) is 9.69 Å². The van der Waals surface area contributed by atoms with E-state index in [1.807, 2.05) is 12.2 Å². The Balaban J connectivity index is 1.54. The average Bonchev–Trinajstić information content (AvgIpc) is 2.91. The summed E-state index contributed by atoms with van der Waals surface area (Å²) in [4.78, 5) is 17.7. The fraction of sp³-hybridized carbons (Fsp3) is 0.429. The first-order valence-corrected chi connectivity index (χ1v) is 12.3. The molecule has 1 aromatic carbocycles. The number of nitriles is 3.